The van der Waals surface area contributed by atoms with Gasteiger partial charge in [-0.15, -0.1) is 0 Å². The van der Waals surface area contributed by atoms with E-state index in [0.717, 1.165) is 36.9 Å². The van der Waals surface area contributed by atoms with Crippen LogP contribution < -0.4 is 20.4 Å². The standard InChI is InChI=1S/C17H25ClN4O2/c1-12(2)19-17(24)20-16(23)13(3)21-8-10-22(11-9-21)15-7-5-4-6-14(15)18/h4-7,12-13H,8-11H2,1-3H3,(H2,19,20,23,24)/p+1/t13-/m0/s1. The van der Waals surface area contributed by atoms with Crippen molar-refractivity contribution >= 4 is 29.2 Å². The molecule has 0 bridgehead atoms. The quantitative estimate of drug-likeness (QED) is 0.745. The highest BCUT2D eigenvalue weighted by Crippen LogP contribution is 2.24. The van der Waals surface area contributed by atoms with E-state index >= 15 is 0 Å². The number of nitrogens with zero attached hydrogens (tertiary/aromatic N) is 1. The van der Waals surface area contributed by atoms with E-state index in [4.69, 9.17) is 11.6 Å². The van der Waals surface area contributed by atoms with Gasteiger partial charge < -0.3 is 15.1 Å². The minimum Gasteiger partial charge on any atom is -0.359 e. The van der Waals surface area contributed by atoms with Gasteiger partial charge in [-0.05, 0) is 32.9 Å². The zero-order valence-electron chi connectivity index (χ0n) is 14.4. The van der Waals surface area contributed by atoms with E-state index in [-0.39, 0.29) is 18.0 Å². The molecule has 6 nitrogen and oxygen atoms in total. The summed E-state index contributed by atoms with van der Waals surface area (Å²) in [7, 11) is 0. The van der Waals surface area contributed by atoms with Gasteiger partial charge in [0, 0.05) is 6.04 Å². The molecule has 2 rings (SSSR count). The van der Waals surface area contributed by atoms with Crippen LogP contribution in [0, 0.1) is 0 Å². The van der Waals surface area contributed by atoms with Crippen LogP contribution in [0.5, 0.6) is 0 Å². The number of carbonyl (C=O) groups is 2. The van der Waals surface area contributed by atoms with Crippen molar-refractivity contribution in [1.82, 2.24) is 10.6 Å². The largest absolute Gasteiger partial charge is 0.359 e. The first-order valence-electron chi connectivity index (χ1n) is 8.34. The Morgan fingerprint density at radius 2 is 1.79 bits per heavy atom. The summed E-state index contributed by atoms with van der Waals surface area (Å²) in [5.74, 6) is -0.241. The summed E-state index contributed by atoms with van der Waals surface area (Å²) in [4.78, 5) is 27.3. The highest BCUT2D eigenvalue weighted by molar-refractivity contribution is 6.33. The third kappa shape index (κ3) is 4.85. The van der Waals surface area contributed by atoms with Gasteiger partial charge in [-0.2, -0.15) is 0 Å². The van der Waals surface area contributed by atoms with Crippen molar-refractivity contribution in [3.8, 4) is 0 Å². The number of amides is 3. The maximum atomic E-state index is 12.2. The second-order valence-corrected chi connectivity index (χ2v) is 6.84. The molecule has 1 atom stereocenters. The molecule has 7 heteroatoms. The van der Waals surface area contributed by atoms with Gasteiger partial charge >= 0.3 is 6.03 Å². The fourth-order valence-electron chi connectivity index (χ4n) is 2.88. The topological polar surface area (TPSA) is 65.9 Å². The summed E-state index contributed by atoms with van der Waals surface area (Å²) in [5, 5.41) is 5.83. The summed E-state index contributed by atoms with van der Waals surface area (Å²) in [6.07, 6.45) is 0. The SMILES string of the molecule is CC(C)NC(=O)NC(=O)[C@H](C)[NH+]1CCN(c2ccccc2Cl)CC1. The van der Waals surface area contributed by atoms with Gasteiger partial charge in [0.2, 0.25) is 0 Å². The molecule has 0 aliphatic carbocycles. The lowest BCUT2D eigenvalue weighted by Crippen LogP contribution is -3.19. The molecule has 1 aromatic carbocycles. The molecule has 0 radical (unpaired) electrons. The monoisotopic (exact) mass is 353 g/mol. The summed E-state index contributed by atoms with van der Waals surface area (Å²) < 4.78 is 0. The third-order valence-electron chi connectivity index (χ3n) is 4.26. The van der Waals surface area contributed by atoms with Gasteiger partial charge in [-0.1, -0.05) is 23.7 Å². The minimum atomic E-state index is -0.434. The van der Waals surface area contributed by atoms with Gasteiger partial charge in [0.05, 0.1) is 36.9 Å². The lowest BCUT2D eigenvalue weighted by atomic mass is 10.2. The van der Waals surface area contributed by atoms with Crippen LogP contribution in [0.3, 0.4) is 0 Å². The molecule has 1 aromatic rings. The molecule has 1 aliphatic rings. The van der Waals surface area contributed by atoms with Crippen molar-refractivity contribution in [2.24, 2.45) is 0 Å². The van der Waals surface area contributed by atoms with Crippen molar-refractivity contribution in [2.75, 3.05) is 31.1 Å². The summed E-state index contributed by atoms with van der Waals surface area (Å²) >= 11 is 6.25. The van der Waals surface area contributed by atoms with Crippen LogP contribution in [-0.2, 0) is 4.79 Å². The number of hydrogen-bond donors (Lipinski definition) is 3. The molecular weight excluding hydrogens is 328 g/mol. The Bertz CT molecular complexity index is 586. The molecule has 0 unspecified atom stereocenters. The first kappa shape index (κ1) is 18.5. The van der Waals surface area contributed by atoms with E-state index in [9.17, 15) is 9.59 Å². The maximum absolute atomic E-state index is 12.2. The maximum Gasteiger partial charge on any atom is 0.321 e. The summed E-state index contributed by atoms with van der Waals surface area (Å²) in [6, 6.07) is 7.09. The van der Waals surface area contributed by atoms with E-state index in [1.165, 1.54) is 4.90 Å². The zero-order valence-corrected chi connectivity index (χ0v) is 15.2. The van der Waals surface area contributed by atoms with Gasteiger partial charge in [0.25, 0.3) is 5.91 Å². The number of hydrogen-bond acceptors (Lipinski definition) is 3. The molecule has 1 fully saturated rings. The number of anilines is 1. The van der Waals surface area contributed by atoms with Gasteiger partial charge in [0.1, 0.15) is 0 Å². The lowest BCUT2D eigenvalue weighted by Gasteiger charge is -2.36. The van der Waals surface area contributed by atoms with E-state index in [2.05, 4.69) is 15.5 Å². The fourth-order valence-corrected chi connectivity index (χ4v) is 3.14. The first-order chi connectivity index (χ1) is 11.4. The molecular formula is C17H26ClN4O2+. The second kappa shape index (κ2) is 8.35. The Morgan fingerprint density at radius 3 is 2.38 bits per heavy atom. The highest BCUT2D eigenvalue weighted by Gasteiger charge is 2.30. The smallest absolute Gasteiger partial charge is 0.321 e. The zero-order chi connectivity index (χ0) is 17.7. The van der Waals surface area contributed by atoms with Crippen LogP contribution in [0.15, 0.2) is 24.3 Å². The number of rotatable bonds is 4. The average molecular weight is 354 g/mol. The van der Waals surface area contributed by atoms with Crippen molar-refractivity contribution in [3.63, 3.8) is 0 Å². The van der Waals surface area contributed by atoms with Crippen LogP contribution in [0.1, 0.15) is 20.8 Å². The van der Waals surface area contributed by atoms with Gasteiger partial charge in [-0.3, -0.25) is 10.1 Å². The molecule has 0 saturated carbocycles. The van der Waals surface area contributed by atoms with Crippen LogP contribution in [0.2, 0.25) is 5.02 Å². The number of para-hydroxylation sites is 1. The van der Waals surface area contributed by atoms with Crippen molar-refractivity contribution in [2.45, 2.75) is 32.9 Å². The van der Waals surface area contributed by atoms with E-state index in [0.29, 0.717) is 0 Å². The van der Waals surface area contributed by atoms with Crippen LogP contribution in [-0.4, -0.2) is 50.2 Å². The van der Waals surface area contributed by atoms with Crippen molar-refractivity contribution in [1.29, 1.82) is 0 Å². The number of nitrogens with one attached hydrogen (secondary N) is 3. The first-order valence-corrected chi connectivity index (χ1v) is 8.71. The summed E-state index contributed by atoms with van der Waals surface area (Å²) in [5.41, 5.74) is 1.03. The van der Waals surface area contributed by atoms with E-state index in [1.807, 2.05) is 45.0 Å². The van der Waals surface area contributed by atoms with Gasteiger partial charge in [0.15, 0.2) is 6.04 Å². The fraction of sp³-hybridized carbons (Fsp3) is 0.529. The molecule has 132 valence electrons. The number of imide groups is 1. The van der Waals surface area contributed by atoms with Crippen LogP contribution in [0.4, 0.5) is 10.5 Å². The number of benzene rings is 1. The van der Waals surface area contributed by atoms with Gasteiger partial charge in [-0.25, -0.2) is 4.79 Å². The molecule has 0 spiro atoms. The molecule has 1 aliphatic heterocycles. The van der Waals surface area contributed by atoms with E-state index in [1.54, 1.807) is 0 Å². The molecule has 0 aromatic heterocycles. The lowest BCUT2D eigenvalue weighted by molar-refractivity contribution is -0.914. The Kier molecular flexibility index (Phi) is 6.45. The molecule has 3 amide bonds. The second-order valence-electron chi connectivity index (χ2n) is 6.44. The van der Waals surface area contributed by atoms with Crippen LogP contribution >= 0.6 is 11.6 Å². The Balaban J connectivity index is 1.86. The Labute approximate surface area is 148 Å². The minimum absolute atomic E-state index is 0.000353. The Hall–Kier alpha value is -1.79. The average Bonchev–Trinajstić information content (AvgIpc) is 2.54. The van der Waals surface area contributed by atoms with Crippen molar-refractivity contribution < 1.29 is 14.5 Å². The predicted octanol–water partition coefficient (Wildman–Crippen LogP) is 0.668. The molecule has 1 heterocycles. The van der Waals surface area contributed by atoms with E-state index < -0.39 is 6.03 Å². The van der Waals surface area contributed by atoms with Crippen LogP contribution in [0.25, 0.3) is 0 Å². The molecule has 24 heavy (non-hydrogen) atoms. The normalized spacial score (nSPS) is 16.8. The number of quaternary nitrogens is 1. The number of halogens is 1. The predicted molar refractivity (Wildman–Crippen MR) is 95.6 cm³/mol. The summed E-state index contributed by atoms with van der Waals surface area (Å²) in [6.45, 7) is 8.87. The molecule has 3 N–H and O–H groups in total. The molecule has 1 saturated heterocycles. The Morgan fingerprint density at radius 1 is 1.17 bits per heavy atom. The number of urea groups is 1. The van der Waals surface area contributed by atoms with Crippen molar-refractivity contribution in [3.05, 3.63) is 29.3 Å². The third-order valence-corrected chi connectivity index (χ3v) is 4.58. The number of carbonyl (C=O) groups excluding carboxylic acids is 2. The number of piperazine rings is 1. The highest BCUT2D eigenvalue weighted by atomic mass is 35.5.